The first-order valence-electron chi connectivity index (χ1n) is 7.33. The number of benzene rings is 1. The summed E-state index contributed by atoms with van der Waals surface area (Å²) in [6.45, 7) is 3.02. The van der Waals surface area contributed by atoms with Crippen molar-refractivity contribution in [2.75, 3.05) is 13.2 Å². The SMILES string of the molecule is CCOC1CNC(Cl)CC1C1(O)C(N)=Nc2ccc(Cl)cc21. The minimum Gasteiger partial charge on any atom is -0.384 e. The van der Waals surface area contributed by atoms with Crippen molar-refractivity contribution in [3.8, 4) is 0 Å². The minimum atomic E-state index is -1.41. The molecule has 2 aliphatic rings. The van der Waals surface area contributed by atoms with Gasteiger partial charge in [0.15, 0.2) is 5.60 Å². The van der Waals surface area contributed by atoms with Crippen LogP contribution in [-0.4, -0.2) is 35.7 Å². The summed E-state index contributed by atoms with van der Waals surface area (Å²) in [7, 11) is 0. The summed E-state index contributed by atoms with van der Waals surface area (Å²) in [5, 5.41) is 15.1. The number of nitrogens with one attached hydrogen (secondary N) is 1. The lowest BCUT2D eigenvalue weighted by Crippen LogP contribution is -2.57. The van der Waals surface area contributed by atoms with E-state index in [4.69, 9.17) is 33.7 Å². The van der Waals surface area contributed by atoms with Gasteiger partial charge in [-0.3, -0.25) is 5.32 Å². The zero-order valence-corrected chi connectivity index (χ0v) is 13.7. The largest absolute Gasteiger partial charge is 0.384 e. The van der Waals surface area contributed by atoms with E-state index >= 15 is 0 Å². The zero-order chi connectivity index (χ0) is 15.9. The Morgan fingerprint density at radius 2 is 2.32 bits per heavy atom. The summed E-state index contributed by atoms with van der Waals surface area (Å²) in [6.07, 6.45) is 0.314. The molecule has 0 amide bonds. The summed E-state index contributed by atoms with van der Waals surface area (Å²) in [4.78, 5) is 4.31. The molecule has 2 heterocycles. The number of amidine groups is 1. The molecule has 4 N–H and O–H groups in total. The molecule has 4 unspecified atom stereocenters. The van der Waals surface area contributed by atoms with E-state index in [1.807, 2.05) is 6.92 Å². The molecular weight excluding hydrogens is 325 g/mol. The van der Waals surface area contributed by atoms with Gasteiger partial charge in [-0.1, -0.05) is 11.6 Å². The summed E-state index contributed by atoms with van der Waals surface area (Å²) in [5.74, 6) is -0.120. The number of nitrogens with zero attached hydrogens (tertiary/aromatic N) is 1. The predicted molar refractivity (Wildman–Crippen MR) is 87.8 cm³/mol. The van der Waals surface area contributed by atoms with E-state index in [-0.39, 0.29) is 23.4 Å². The monoisotopic (exact) mass is 343 g/mol. The van der Waals surface area contributed by atoms with Crippen molar-refractivity contribution in [1.82, 2.24) is 5.32 Å². The second-order valence-electron chi connectivity index (χ2n) is 5.64. The van der Waals surface area contributed by atoms with Crippen LogP contribution in [0.5, 0.6) is 0 Å². The molecule has 5 nitrogen and oxygen atoms in total. The first-order valence-corrected chi connectivity index (χ1v) is 8.14. The number of fused-ring (bicyclic) bond motifs is 1. The average molecular weight is 344 g/mol. The zero-order valence-electron chi connectivity index (χ0n) is 12.2. The van der Waals surface area contributed by atoms with Gasteiger partial charge in [-0.05, 0) is 31.5 Å². The summed E-state index contributed by atoms with van der Waals surface area (Å²) >= 11 is 12.3. The number of aliphatic imine (C=N–C) groups is 1. The van der Waals surface area contributed by atoms with E-state index in [9.17, 15) is 5.11 Å². The minimum absolute atomic E-state index is 0.172. The van der Waals surface area contributed by atoms with Gasteiger partial charge in [-0.25, -0.2) is 4.99 Å². The molecule has 4 atom stereocenters. The van der Waals surface area contributed by atoms with Crippen LogP contribution in [0.3, 0.4) is 0 Å². The van der Waals surface area contributed by atoms with Crippen LogP contribution in [0.4, 0.5) is 5.69 Å². The second-order valence-corrected chi connectivity index (χ2v) is 6.60. The molecule has 0 saturated carbocycles. The Morgan fingerprint density at radius 3 is 3.05 bits per heavy atom. The van der Waals surface area contributed by atoms with Crippen molar-refractivity contribution in [3.63, 3.8) is 0 Å². The molecule has 1 saturated heterocycles. The molecule has 0 spiro atoms. The fourth-order valence-electron chi connectivity index (χ4n) is 3.33. The van der Waals surface area contributed by atoms with Crippen LogP contribution in [0.2, 0.25) is 5.02 Å². The average Bonchev–Trinajstić information content (AvgIpc) is 2.74. The molecule has 2 aliphatic heterocycles. The Morgan fingerprint density at radius 1 is 1.55 bits per heavy atom. The lowest BCUT2D eigenvalue weighted by atomic mass is 9.74. The lowest BCUT2D eigenvalue weighted by molar-refractivity contribution is -0.0752. The van der Waals surface area contributed by atoms with Gasteiger partial charge < -0.3 is 15.6 Å². The molecule has 1 aromatic rings. The van der Waals surface area contributed by atoms with Crippen molar-refractivity contribution < 1.29 is 9.84 Å². The van der Waals surface area contributed by atoms with Crippen LogP contribution < -0.4 is 11.1 Å². The molecular formula is C15H19Cl2N3O2. The van der Waals surface area contributed by atoms with Gasteiger partial charge >= 0.3 is 0 Å². The van der Waals surface area contributed by atoms with Crippen molar-refractivity contribution >= 4 is 34.7 Å². The highest BCUT2D eigenvalue weighted by Crippen LogP contribution is 2.47. The Balaban J connectivity index is 2.04. The molecule has 0 radical (unpaired) electrons. The van der Waals surface area contributed by atoms with Gasteiger partial charge in [-0.15, -0.1) is 11.6 Å². The Hall–Kier alpha value is -0.850. The van der Waals surface area contributed by atoms with E-state index in [2.05, 4.69) is 10.3 Å². The fraction of sp³-hybridized carbons (Fsp3) is 0.533. The first-order chi connectivity index (χ1) is 10.5. The molecule has 3 rings (SSSR count). The number of hydrogen-bond acceptors (Lipinski definition) is 5. The highest BCUT2D eigenvalue weighted by molar-refractivity contribution is 6.30. The number of ether oxygens (including phenoxy) is 1. The number of alkyl halides is 1. The van der Waals surface area contributed by atoms with Crippen molar-refractivity contribution in [1.29, 1.82) is 0 Å². The predicted octanol–water partition coefficient (Wildman–Crippen LogP) is 2.11. The van der Waals surface area contributed by atoms with Crippen LogP contribution in [0.25, 0.3) is 0 Å². The Kier molecular flexibility index (Phi) is 4.36. The smallest absolute Gasteiger partial charge is 0.154 e. The van der Waals surface area contributed by atoms with Crippen LogP contribution in [0.15, 0.2) is 23.2 Å². The fourth-order valence-corrected chi connectivity index (χ4v) is 3.78. The second kappa shape index (κ2) is 5.98. The van der Waals surface area contributed by atoms with Crippen LogP contribution in [0, 0.1) is 5.92 Å². The quantitative estimate of drug-likeness (QED) is 0.580. The molecule has 7 heteroatoms. The Labute approximate surface area is 139 Å². The standard InChI is InChI=1S/C15H19Cl2N3O2/c1-2-22-12-7-19-13(17)6-10(12)15(21)9-5-8(16)3-4-11(9)20-14(15)18/h3-5,10,12-13,19,21H,2,6-7H2,1H3,(H2,18,20). The van der Waals surface area contributed by atoms with Crippen LogP contribution >= 0.6 is 23.2 Å². The maximum Gasteiger partial charge on any atom is 0.154 e. The number of hydrogen-bond donors (Lipinski definition) is 3. The summed E-state index contributed by atoms with van der Waals surface area (Å²) < 4.78 is 5.79. The first kappa shape index (κ1) is 16.0. The highest BCUT2D eigenvalue weighted by Gasteiger charge is 2.52. The van der Waals surface area contributed by atoms with Gasteiger partial charge in [0.25, 0.3) is 0 Å². The Bertz CT molecular complexity index is 610. The molecule has 0 bridgehead atoms. The molecule has 0 aliphatic carbocycles. The maximum atomic E-state index is 11.4. The molecule has 120 valence electrons. The van der Waals surface area contributed by atoms with Crippen molar-refractivity contribution in [2.45, 2.75) is 30.6 Å². The third-order valence-corrected chi connectivity index (χ3v) is 4.94. The normalized spacial score (nSPS) is 34.4. The van der Waals surface area contributed by atoms with E-state index in [0.717, 1.165) is 0 Å². The number of halogens is 2. The highest BCUT2D eigenvalue weighted by atomic mass is 35.5. The third kappa shape index (κ3) is 2.51. The lowest BCUT2D eigenvalue weighted by Gasteiger charge is -2.42. The number of nitrogens with two attached hydrogens (primary N) is 1. The molecule has 22 heavy (non-hydrogen) atoms. The van der Waals surface area contributed by atoms with E-state index in [0.29, 0.717) is 35.8 Å². The summed E-state index contributed by atoms with van der Waals surface area (Å²) in [5.41, 5.74) is 5.70. The van der Waals surface area contributed by atoms with Gasteiger partial charge in [0.1, 0.15) is 5.84 Å². The third-order valence-electron chi connectivity index (χ3n) is 4.37. The number of rotatable bonds is 3. The van der Waals surface area contributed by atoms with E-state index in [1.165, 1.54) is 0 Å². The number of aliphatic hydroxyl groups is 1. The molecule has 0 aromatic heterocycles. The van der Waals surface area contributed by atoms with Gasteiger partial charge in [0.05, 0.1) is 17.3 Å². The van der Waals surface area contributed by atoms with Crippen molar-refractivity contribution in [3.05, 3.63) is 28.8 Å². The van der Waals surface area contributed by atoms with Crippen LogP contribution in [-0.2, 0) is 10.3 Å². The van der Waals surface area contributed by atoms with E-state index < -0.39 is 5.60 Å². The number of piperidine rings is 1. The van der Waals surface area contributed by atoms with Gasteiger partial charge in [0, 0.05) is 29.7 Å². The molecule has 1 aromatic carbocycles. The van der Waals surface area contributed by atoms with Crippen LogP contribution in [0.1, 0.15) is 18.9 Å². The maximum absolute atomic E-state index is 11.4. The summed E-state index contributed by atoms with van der Waals surface area (Å²) in [6, 6.07) is 5.21. The van der Waals surface area contributed by atoms with Gasteiger partial charge in [0.2, 0.25) is 0 Å². The topological polar surface area (TPSA) is 79.9 Å². The molecule has 1 fully saturated rings. The van der Waals surface area contributed by atoms with E-state index in [1.54, 1.807) is 18.2 Å². The van der Waals surface area contributed by atoms with Crippen molar-refractivity contribution in [2.24, 2.45) is 16.6 Å². The van der Waals surface area contributed by atoms with Gasteiger partial charge in [-0.2, -0.15) is 0 Å².